The Labute approximate surface area is 151 Å². The molecular formula is C16H16Cl2N2O3S. The van der Waals surface area contributed by atoms with E-state index >= 15 is 0 Å². The molecule has 0 aromatic heterocycles. The first-order valence-corrected chi connectivity index (χ1v) is 9.18. The summed E-state index contributed by atoms with van der Waals surface area (Å²) in [5, 5.41) is 2.66. The van der Waals surface area contributed by atoms with Gasteiger partial charge in [0, 0.05) is 12.7 Å². The molecular weight excluding hydrogens is 371 g/mol. The number of nitrogens with one attached hydrogen (secondary N) is 1. The molecule has 0 bridgehead atoms. The summed E-state index contributed by atoms with van der Waals surface area (Å²) in [6.45, 7) is 1.57. The molecule has 0 radical (unpaired) electrons. The summed E-state index contributed by atoms with van der Waals surface area (Å²) < 4.78 is 26.1. The van der Waals surface area contributed by atoms with Gasteiger partial charge in [-0.3, -0.25) is 4.79 Å². The molecule has 2 rings (SSSR count). The molecule has 0 saturated heterocycles. The first kappa shape index (κ1) is 18.7. The van der Waals surface area contributed by atoms with Gasteiger partial charge in [0.25, 0.3) is 0 Å². The molecule has 8 heteroatoms. The van der Waals surface area contributed by atoms with E-state index in [1.54, 1.807) is 18.2 Å². The Kier molecular flexibility index (Phi) is 5.87. The summed E-state index contributed by atoms with van der Waals surface area (Å²) in [7, 11) is -2.69. The third kappa shape index (κ3) is 4.27. The molecule has 5 nitrogen and oxygen atoms in total. The Hall–Kier alpha value is -1.60. The van der Waals surface area contributed by atoms with Crippen LogP contribution in [0.2, 0.25) is 10.0 Å². The number of halogens is 2. The van der Waals surface area contributed by atoms with Crippen molar-refractivity contribution in [2.75, 3.05) is 18.9 Å². The average Bonchev–Trinajstić information content (AvgIpc) is 2.49. The molecule has 128 valence electrons. The molecule has 0 spiro atoms. The molecule has 0 aliphatic rings. The van der Waals surface area contributed by atoms with E-state index in [9.17, 15) is 13.2 Å². The van der Waals surface area contributed by atoms with E-state index in [-0.39, 0.29) is 21.5 Å². The van der Waals surface area contributed by atoms with Crippen molar-refractivity contribution in [3.63, 3.8) is 0 Å². The van der Waals surface area contributed by atoms with Crippen LogP contribution in [0.3, 0.4) is 0 Å². The van der Waals surface area contributed by atoms with Crippen LogP contribution < -0.4 is 5.32 Å². The molecule has 2 aromatic rings. The van der Waals surface area contributed by atoms with Gasteiger partial charge in [-0.1, -0.05) is 47.0 Å². The molecule has 24 heavy (non-hydrogen) atoms. The number of hydrogen-bond acceptors (Lipinski definition) is 3. The average molecular weight is 387 g/mol. The molecule has 0 saturated carbocycles. The lowest BCUT2D eigenvalue weighted by Crippen LogP contribution is -2.35. The highest BCUT2D eigenvalue weighted by Crippen LogP contribution is 2.30. The number of aryl methyl sites for hydroxylation is 1. The molecule has 2 aromatic carbocycles. The Morgan fingerprint density at radius 3 is 2.17 bits per heavy atom. The fourth-order valence-corrected chi connectivity index (χ4v) is 4.22. The Balaban J connectivity index is 2.14. The molecule has 1 amide bonds. The van der Waals surface area contributed by atoms with Crippen molar-refractivity contribution in [2.45, 2.75) is 11.8 Å². The fraction of sp³-hybridized carbons (Fsp3) is 0.188. The second kappa shape index (κ2) is 7.53. The van der Waals surface area contributed by atoms with Crippen molar-refractivity contribution in [3.8, 4) is 0 Å². The highest BCUT2D eigenvalue weighted by atomic mass is 35.5. The number of rotatable bonds is 5. The topological polar surface area (TPSA) is 66.5 Å². The largest absolute Gasteiger partial charge is 0.325 e. The maximum atomic E-state index is 12.6. The van der Waals surface area contributed by atoms with Gasteiger partial charge in [0.1, 0.15) is 4.90 Å². The number of carbonyl (C=O) groups excluding carboxylic acids is 1. The second-order valence-electron chi connectivity index (χ2n) is 5.23. The van der Waals surface area contributed by atoms with Crippen LogP contribution in [0.1, 0.15) is 5.56 Å². The highest BCUT2D eigenvalue weighted by molar-refractivity contribution is 7.89. The summed E-state index contributed by atoms with van der Waals surface area (Å²) >= 11 is 11.9. The van der Waals surface area contributed by atoms with Crippen molar-refractivity contribution in [1.29, 1.82) is 0 Å². The number of anilines is 1. The van der Waals surface area contributed by atoms with Crippen LogP contribution in [0.15, 0.2) is 47.4 Å². The zero-order chi connectivity index (χ0) is 17.9. The van der Waals surface area contributed by atoms with Crippen LogP contribution in [0, 0.1) is 6.92 Å². The Bertz CT molecular complexity index is 832. The second-order valence-corrected chi connectivity index (χ2v) is 8.02. The van der Waals surface area contributed by atoms with E-state index in [0.29, 0.717) is 5.69 Å². The van der Waals surface area contributed by atoms with Gasteiger partial charge in [0.15, 0.2) is 0 Å². The van der Waals surface area contributed by atoms with Gasteiger partial charge >= 0.3 is 0 Å². The van der Waals surface area contributed by atoms with Crippen molar-refractivity contribution < 1.29 is 13.2 Å². The molecule has 0 fully saturated rings. The number of sulfonamides is 1. The standard InChI is InChI=1S/C16H16Cl2N2O3S/c1-11-6-8-12(9-7-11)19-15(21)10-20(2)24(22,23)16-13(17)4-3-5-14(16)18/h3-9H,10H2,1-2H3,(H,19,21). The molecule has 0 heterocycles. The smallest absolute Gasteiger partial charge is 0.246 e. The zero-order valence-electron chi connectivity index (χ0n) is 13.1. The number of benzene rings is 2. The van der Waals surface area contributed by atoms with E-state index in [1.165, 1.54) is 19.2 Å². The minimum absolute atomic E-state index is 0.00768. The summed E-state index contributed by atoms with van der Waals surface area (Å²) in [5.74, 6) is -0.465. The van der Waals surface area contributed by atoms with Crippen LogP contribution >= 0.6 is 23.2 Å². The predicted molar refractivity (Wildman–Crippen MR) is 96.1 cm³/mol. The normalized spacial score (nSPS) is 11.5. The summed E-state index contributed by atoms with van der Waals surface area (Å²) in [6.07, 6.45) is 0. The number of nitrogens with zero attached hydrogens (tertiary/aromatic N) is 1. The van der Waals surface area contributed by atoms with Crippen molar-refractivity contribution >= 4 is 44.8 Å². The minimum atomic E-state index is -3.99. The lowest BCUT2D eigenvalue weighted by atomic mass is 10.2. The molecule has 0 aliphatic heterocycles. The van der Waals surface area contributed by atoms with Crippen LogP contribution in [0.4, 0.5) is 5.69 Å². The van der Waals surface area contributed by atoms with Crippen LogP contribution in [0.5, 0.6) is 0 Å². The van der Waals surface area contributed by atoms with E-state index in [0.717, 1.165) is 9.87 Å². The van der Waals surface area contributed by atoms with Gasteiger partial charge in [-0.2, -0.15) is 4.31 Å². The summed E-state index contributed by atoms with van der Waals surface area (Å²) in [5.41, 5.74) is 1.65. The maximum absolute atomic E-state index is 12.6. The van der Waals surface area contributed by atoms with E-state index in [2.05, 4.69) is 5.32 Å². The maximum Gasteiger partial charge on any atom is 0.246 e. The van der Waals surface area contributed by atoms with Gasteiger partial charge in [-0.25, -0.2) is 8.42 Å². The van der Waals surface area contributed by atoms with Crippen molar-refractivity contribution in [1.82, 2.24) is 4.31 Å². The van der Waals surface area contributed by atoms with Crippen LogP contribution in [-0.4, -0.2) is 32.2 Å². The Morgan fingerprint density at radius 2 is 1.62 bits per heavy atom. The quantitative estimate of drug-likeness (QED) is 0.853. The lowest BCUT2D eigenvalue weighted by Gasteiger charge is -2.18. The summed E-state index contributed by atoms with van der Waals surface area (Å²) in [6, 6.07) is 11.6. The first-order chi connectivity index (χ1) is 11.2. The summed E-state index contributed by atoms with van der Waals surface area (Å²) in [4.78, 5) is 11.9. The first-order valence-electron chi connectivity index (χ1n) is 6.98. The fourth-order valence-electron chi connectivity index (χ4n) is 2.01. The van der Waals surface area contributed by atoms with Crippen LogP contribution in [0.25, 0.3) is 0 Å². The van der Waals surface area contributed by atoms with Crippen molar-refractivity contribution in [3.05, 3.63) is 58.1 Å². The highest BCUT2D eigenvalue weighted by Gasteiger charge is 2.27. The zero-order valence-corrected chi connectivity index (χ0v) is 15.4. The third-order valence-electron chi connectivity index (χ3n) is 3.29. The van der Waals surface area contributed by atoms with Crippen LogP contribution in [-0.2, 0) is 14.8 Å². The lowest BCUT2D eigenvalue weighted by molar-refractivity contribution is -0.116. The van der Waals surface area contributed by atoms with E-state index in [4.69, 9.17) is 23.2 Å². The van der Waals surface area contributed by atoms with Gasteiger partial charge in [0.2, 0.25) is 15.9 Å². The SMILES string of the molecule is Cc1ccc(NC(=O)CN(C)S(=O)(=O)c2c(Cl)cccc2Cl)cc1. The molecule has 0 unspecified atom stereocenters. The number of carbonyl (C=O) groups is 1. The monoisotopic (exact) mass is 386 g/mol. The minimum Gasteiger partial charge on any atom is -0.325 e. The number of hydrogen-bond donors (Lipinski definition) is 1. The van der Waals surface area contributed by atoms with Crippen molar-refractivity contribution in [2.24, 2.45) is 0 Å². The van der Waals surface area contributed by atoms with E-state index in [1.807, 2.05) is 19.1 Å². The molecule has 1 N–H and O–H groups in total. The van der Waals surface area contributed by atoms with Gasteiger partial charge in [-0.05, 0) is 31.2 Å². The number of amides is 1. The third-order valence-corrected chi connectivity index (χ3v) is 6.05. The van der Waals surface area contributed by atoms with Gasteiger partial charge in [0.05, 0.1) is 16.6 Å². The number of likely N-dealkylation sites (N-methyl/N-ethyl adjacent to an activating group) is 1. The predicted octanol–water partition coefficient (Wildman–Crippen LogP) is 3.56. The van der Waals surface area contributed by atoms with E-state index < -0.39 is 15.9 Å². The Morgan fingerprint density at radius 1 is 1.08 bits per heavy atom. The molecule has 0 aliphatic carbocycles. The van der Waals surface area contributed by atoms with Gasteiger partial charge in [-0.15, -0.1) is 0 Å². The van der Waals surface area contributed by atoms with Gasteiger partial charge < -0.3 is 5.32 Å². The molecule has 0 atom stereocenters.